The first-order valence-electron chi connectivity index (χ1n) is 13.2. The number of rotatable bonds is 16. The smallest absolute Gasteiger partial charge is 0.242 e. The van der Waals surface area contributed by atoms with Crippen LogP contribution < -0.4 is 14.4 Å². The minimum atomic E-state index is -3.59. The number of hydrogen-bond acceptors (Lipinski definition) is 5. The Labute approximate surface area is 242 Å². The Balaban J connectivity index is 2.22. The number of ether oxygens (including phenoxy) is 1. The Morgan fingerprint density at radius 2 is 1.72 bits per heavy atom. The Kier molecular flexibility index (Phi) is 13.4. The average molecular weight is 601 g/mol. The molecule has 39 heavy (non-hydrogen) atoms. The normalized spacial score (nSPS) is 12.1. The molecule has 0 aliphatic heterocycles. The molecule has 0 spiro atoms. The van der Waals surface area contributed by atoms with Crippen LogP contribution in [0.3, 0.4) is 0 Å². The fourth-order valence-electron chi connectivity index (χ4n) is 4.14. The molecule has 0 aliphatic carbocycles. The van der Waals surface area contributed by atoms with Gasteiger partial charge < -0.3 is 15.0 Å². The third-order valence-electron chi connectivity index (χ3n) is 6.16. The van der Waals surface area contributed by atoms with Gasteiger partial charge in [-0.1, -0.05) is 49.5 Å². The van der Waals surface area contributed by atoms with Crippen LogP contribution >= 0.6 is 23.2 Å². The maximum atomic E-state index is 13.5. The van der Waals surface area contributed by atoms with E-state index in [0.717, 1.165) is 19.1 Å². The molecule has 1 atom stereocenters. The lowest BCUT2D eigenvalue weighted by Gasteiger charge is -2.31. The van der Waals surface area contributed by atoms with E-state index in [-0.39, 0.29) is 37.7 Å². The largest absolute Gasteiger partial charge is 0.494 e. The summed E-state index contributed by atoms with van der Waals surface area (Å²) >= 11 is 12.4. The second kappa shape index (κ2) is 15.9. The highest BCUT2D eigenvalue weighted by Crippen LogP contribution is 2.25. The van der Waals surface area contributed by atoms with E-state index in [1.165, 1.54) is 9.21 Å². The maximum Gasteiger partial charge on any atom is 0.242 e. The third-order valence-corrected chi connectivity index (χ3v) is 7.94. The lowest BCUT2D eigenvalue weighted by atomic mass is 10.1. The molecule has 1 unspecified atom stereocenters. The van der Waals surface area contributed by atoms with Crippen molar-refractivity contribution in [3.63, 3.8) is 0 Å². The number of nitrogens with one attached hydrogen (secondary N) is 1. The van der Waals surface area contributed by atoms with Crippen molar-refractivity contribution in [2.75, 3.05) is 30.3 Å². The number of hydrogen-bond donors (Lipinski definition) is 1. The van der Waals surface area contributed by atoms with Crippen LogP contribution in [0.5, 0.6) is 5.75 Å². The molecule has 0 radical (unpaired) electrons. The van der Waals surface area contributed by atoms with Crippen molar-refractivity contribution in [3.8, 4) is 5.75 Å². The molecular formula is C28H39Cl2N3O5S. The maximum absolute atomic E-state index is 13.5. The van der Waals surface area contributed by atoms with E-state index in [4.69, 9.17) is 27.9 Å². The standard InChI is InChI=1S/C28H39Cl2N3O5S/c1-5-8-17-31-28(35)26(6-2)32(20-21-11-12-22(29)19-25(21)30)27(34)10-9-18-33(39(4,36)37)23-13-15-24(16-14-23)38-7-3/h11-16,19,26H,5-10,17-18,20H2,1-4H3,(H,31,35). The summed E-state index contributed by atoms with van der Waals surface area (Å²) < 4.78 is 31.8. The first-order valence-corrected chi connectivity index (χ1v) is 15.8. The predicted octanol–water partition coefficient (Wildman–Crippen LogP) is 5.66. The predicted molar refractivity (Wildman–Crippen MR) is 158 cm³/mol. The monoisotopic (exact) mass is 599 g/mol. The van der Waals surface area contributed by atoms with Crippen molar-refractivity contribution in [1.82, 2.24) is 10.2 Å². The van der Waals surface area contributed by atoms with Crippen LogP contribution in [-0.4, -0.2) is 57.1 Å². The number of sulfonamides is 1. The number of carbonyl (C=O) groups is 2. The van der Waals surface area contributed by atoms with E-state index in [0.29, 0.717) is 46.6 Å². The summed E-state index contributed by atoms with van der Waals surface area (Å²) in [6.07, 6.45) is 3.63. The molecule has 0 heterocycles. The molecule has 0 saturated carbocycles. The first-order chi connectivity index (χ1) is 18.5. The van der Waals surface area contributed by atoms with Gasteiger partial charge in [0.2, 0.25) is 21.8 Å². The minimum absolute atomic E-state index is 0.0486. The van der Waals surface area contributed by atoms with Gasteiger partial charge in [0.1, 0.15) is 11.8 Å². The Bertz CT molecular complexity index is 1190. The zero-order valence-corrected chi connectivity index (χ0v) is 25.4. The second-order valence-electron chi connectivity index (χ2n) is 9.19. The van der Waals surface area contributed by atoms with Gasteiger partial charge in [-0.2, -0.15) is 0 Å². The summed E-state index contributed by atoms with van der Waals surface area (Å²) in [5.74, 6) is 0.152. The van der Waals surface area contributed by atoms with Crippen molar-refractivity contribution < 1.29 is 22.7 Å². The molecule has 11 heteroatoms. The van der Waals surface area contributed by atoms with Gasteiger partial charge in [0, 0.05) is 36.1 Å². The zero-order chi connectivity index (χ0) is 29.0. The molecule has 0 bridgehead atoms. The van der Waals surface area contributed by atoms with Crippen LogP contribution in [0.4, 0.5) is 5.69 Å². The highest BCUT2D eigenvalue weighted by Gasteiger charge is 2.29. The first kappa shape index (κ1) is 32.7. The van der Waals surface area contributed by atoms with E-state index in [9.17, 15) is 18.0 Å². The number of halogens is 2. The third kappa shape index (κ3) is 10.2. The zero-order valence-electron chi connectivity index (χ0n) is 23.1. The van der Waals surface area contributed by atoms with E-state index in [2.05, 4.69) is 5.32 Å². The van der Waals surface area contributed by atoms with E-state index >= 15 is 0 Å². The van der Waals surface area contributed by atoms with Gasteiger partial charge in [-0.25, -0.2) is 8.42 Å². The molecule has 0 fully saturated rings. The molecule has 1 N–H and O–H groups in total. The average Bonchev–Trinajstić information content (AvgIpc) is 2.88. The lowest BCUT2D eigenvalue weighted by molar-refractivity contribution is -0.141. The molecule has 216 valence electrons. The van der Waals surface area contributed by atoms with Gasteiger partial charge in [0.05, 0.1) is 18.6 Å². The fourth-order valence-corrected chi connectivity index (χ4v) is 5.57. The molecule has 2 amide bonds. The summed E-state index contributed by atoms with van der Waals surface area (Å²) in [4.78, 5) is 28.1. The number of unbranched alkanes of at least 4 members (excludes halogenated alkanes) is 1. The van der Waals surface area contributed by atoms with E-state index in [1.807, 2.05) is 20.8 Å². The van der Waals surface area contributed by atoms with Crippen LogP contribution in [0.15, 0.2) is 42.5 Å². The lowest BCUT2D eigenvalue weighted by Crippen LogP contribution is -2.49. The number of anilines is 1. The molecule has 2 aromatic carbocycles. The minimum Gasteiger partial charge on any atom is -0.494 e. The van der Waals surface area contributed by atoms with Crippen molar-refractivity contribution in [3.05, 3.63) is 58.1 Å². The Morgan fingerprint density at radius 1 is 1.03 bits per heavy atom. The molecule has 0 aromatic heterocycles. The highest BCUT2D eigenvalue weighted by molar-refractivity contribution is 7.92. The molecule has 2 aromatic rings. The van der Waals surface area contributed by atoms with Gasteiger partial charge in [-0.15, -0.1) is 0 Å². The Hall–Kier alpha value is -2.49. The summed E-state index contributed by atoms with van der Waals surface area (Å²) in [5.41, 5.74) is 1.15. The summed E-state index contributed by atoms with van der Waals surface area (Å²) in [6.45, 7) is 7.03. The van der Waals surface area contributed by atoms with E-state index < -0.39 is 16.1 Å². The van der Waals surface area contributed by atoms with Crippen molar-refractivity contribution in [1.29, 1.82) is 0 Å². The summed E-state index contributed by atoms with van der Waals surface area (Å²) in [6, 6.07) is 11.1. The number of nitrogens with zero attached hydrogens (tertiary/aromatic N) is 2. The van der Waals surface area contributed by atoms with Crippen molar-refractivity contribution in [2.45, 2.75) is 65.5 Å². The van der Waals surface area contributed by atoms with Crippen LogP contribution in [0.2, 0.25) is 10.0 Å². The van der Waals surface area contributed by atoms with Crippen molar-refractivity contribution in [2.24, 2.45) is 0 Å². The van der Waals surface area contributed by atoms with Gasteiger partial charge in [0.15, 0.2) is 0 Å². The van der Waals surface area contributed by atoms with Crippen LogP contribution in [0, 0.1) is 0 Å². The topological polar surface area (TPSA) is 96.0 Å². The van der Waals surface area contributed by atoms with Crippen molar-refractivity contribution >= 4 is 50.7 Å². The molecule has 0 saturated heterocycles. The second-order valence-corrected chi connectivity index (χ2v) is 11.9. The molecule has 8 nitrogen and oxygen atoms in total. The highest BCUT2D eigenvalue weighted by atomic mass is 35.5. The summed E-state index contributed by atoms with van der Waals surface area (Å²) in [5, 5.41) is 3.80. The SMILES string of the molecule is CCCCNC(=O)C(CC)N(Cc1ccc(Cl)cc1Cl)C(=O)CCCN(c1ccc(OCC)cc1)S(C)(=O)=O. The quantitative estimate of drug-likeness (QED) is 0.251. The fraction of sp³-hybridized carbons (Fsp3) is 0.500. The molecule has 2 rings (SSSR count). The summed E-state index contributed by atoms with van der Waals surface area (Å²) in [7, 11) is -3.59. The number of benzene rings is 2. The van der Waals surface area contributed by atoms with E-state index in [1.54, 1.807) is 42.5 Å². The number of amides is 2. The molecule has 0 aliphatic rings. The van der Waals surface area contributed by atoms with Gasteiger partial charge in [-0.05, 0) is 68.1 Å². The van der Waals surface area contributed by atoms with Gasteiger partial charge >= 0.3 is 0 Å². The van der Waals surface area contributed by atoms with Crippen LogP contribution in [0.25, 0.3) is 0 Å². The van der Waals surface area contributed by atoms with Crippen LogP contribution in [0.1, 0.15) is 58.4 Å². The molecular weight excluding hydrogens is 561 g/mol. The van der Waals surface area contributed by atoms with Crippen LogP contribution in [-0.2, 0) is 26.2 Å². The van der Waals surface area contributed by atoms with Gasteiger partial charge in [0.25, 0.3) is 0 Å². The Morgan fingerprint density at radius 3 is 2.28 bits per heavy atom. The number of carbonyl (C=O) groups excluding carboxylic acids is 2. The van der Waals surface area contributed by atoms with Gasteiger partial charge in [-0.3, -0.25) is 13.9 Å².